The second kappa shape index (κ2) is 4.39. The maximum absolute atomic E-state index is 9.15. The molecule has 13 heavy (non-hydrogen) atoms. The molecule has 5 heteroatoms. The number of ether oxygens (including phenoxy) is 1. The van der Waals surface area contributed by atoms with E-state index < -0.39 is 6.10 Å². The number of nitrogens with zero attached hydrogens (tertiary/aromatic N) is 2. The minimum atomic E-state index is -0.555. The Balaban J connectivity index is 2.64. The van der Waals surface area contributed by atoms with Crippen LogP contribution in [0.5, 0.6) is 5.88 Å². The first kappa shape index (κ1) is 10.2. The summed E-state index contributed by atoms with van der Waals surface area (Å²) in [5.41, 5.74) is 0. The molecule has 1 aromatic rings. The van der Waals surface area contributed by atoms with Gasteiger partial charge in [-0.3, -0.25) is 4.98 Å². The molecule has 0 unspecified atom stereocenters. The fourth-order valence-corrected chi connectivity index (χ4v) is 0.811. The van der Waals surface area contributed by atoms with E-state index in [1.54, 1.807) is 13.8 Å². The molecule has 0 aliphatic rings. The summed E-state index contributed by atoms with van der Waals surface area (Å²) in [5.74, 6) is 0.320. The molecule has 0 saturated heterocycles. The van der Waals surface area contributed by atoms with Gasteiger partial charge >= 0.3 is 0 Å². The topological polar surface area (TPSA) is 55.2 Å². The Labute approximate surface area is 81.5 Å². The third kappa shape index (κ3) is 3.16. The van der Waals surface area contributed by atoms with Crippen LogP contribution in [0.1, 0.15) is 13.8 Å². The van der Waals surface area contributed by atoms with E-state index in [9.17, 15) is 0 Å². The second-order valence-electron chi connectivity index (χ2n) is 2.74. The first-order valence-electron chi connectivity index (χ1n) is 3.92. The van der Waals surface area contributed by atoms with Crippen LogP contribution in [0.15, 0.2) is 12.4 Å². The minimum Gasteiger partial charge on any atom is -0.471 e. The van der Waals surface area contributed by atoms with Crippen molar-refractivity contribution in [2.45, 2.75) is 26.1 Å². The summed E-state index contributed by atoms with van der Waals surface area (Å²) in [5, 5.41) is 9.42. The second-order valence-corrected chi connectivity index (χ2v) is 3.13. The lowest BCUT2D eigenvalue weighted by Crippen LogP contribution is -2.25. The molecule has 0 amide bonds. The molecule has 0 aliphatic carbocycles. The van der Waals surface area contributed by atoms with Gasteiger partial charge in [-0.2, -0.15) is 4.98 Å². The number of rotatable bonds is 3. The largest absolute Gasteiger partial charge is 0.471 e. The Morgan fingerprint density at radius 1 is 1.46 bits per heavy atom. The van der Waals surface area contributed by atoms with Crippen molar-refractivity contribution >= 4 is 11.6 Å². The Hall–Kier alpha value is -0.870. The van der Waals surface area contributed by atoms with Gasteiger partial charge in [-0.25, -0.2) is 0 Å². The third-order valence-electron chi connectivity index (χ3n) is 1.57. The van der Waals surface area contributed by atoms with E-state index >= 15 is 0 Å². The van der Waals surface area contributed by atoms with Crippen LogP contribution < -0.4 is 4.74 Å². The molecule has 1 rings (SSSR count). The lowest BCUT2D eigenvalue weighted by molar-refractivity contribution is 0.0572. The number of aliphatic hydroxyl groups is 1. The summed E-state index contributed by atoms with van der Waals surface area (Å²) in [6, 6.07) is 0. The fourth-order valence-electron chi connectivity index (χ4n) is 0.671. The number of aromatic nitrogens is 2. The molecule has 1 heterocycles. The molecule has 0 bridgehead atoms. The van der Waals surface area contributed by atoms with Crippen LogP contribution in [-0.2, 0) is 0 Å². The van der Waals surface area contributed by atoms with Crippen molar-refractivity contribution in [2.75, 3.05) is 0 Å². The zero-order valence-electron chi connectivity index (χ0n) is 7.44. The highest BCUT2D eigenvalue weighted by Crippen LogP contribution is 2.11. The van der Waals surface area contributed by atoms with E-state index in [1.165, 1.54) is 12.4 Å². The van der Waals surface area contributed by atoms with Crippen LogP contribution >= 0.6 is 11.6 Å². The van der Waals surface area contributed by atoms with Crippen molar-refractivity contribution < 1.29 is 9.84 Å². The van der Waals surface area contributed by atoms with Crippen molar-refractivity contribution in [3.63, 3.8) is 0 Å². The van der Waals surface area contributed by atoms with Gasteiger partial charge in [0.1, 0.15) is 6.10 Å². The van der Waals surface area contributed by atoms with Crippen molar-refractivity contribution in [1.29, 1.82) is 0 Å². The summed E-state index contributed by atoms with van der Waals surface area (Å²) in [7, 11) is 0. The maximum atomic E-state index is 9.15. The molecule has 0 aromatic carbocycles. The van der Waals surface area contributed by atoms with Crippen LogP contribution in [0.2, 0.25) is 5.15 Å². The van der Waals surface area contributed by atoms with Crippen molar-refractivity contribution in [2.24, 2.45) is 0 Å². The van der Waals surface area contributed by atoms with Gasteiger partial charge in [-0.15, -0.1) is 0 Å². The molecule has 4 nitrogen and oxygen atoms in total. The van der Waals surface area contributed by atoms with Gasteiger partial charge in [-0.05, 0) is 13.8 Å². The number of hydrogen-bond donors (Lipinski definition) is 1. The van der Waals surface area contributed by atoms with Gasteiger partial charge in [0.05, 0.1) is 18.5 Å². The monoisotopic (exact) mass is 202 g/mol. The molecule has 0 fully saturated rings. The standard InChI is InChI=1S/C8H11ClN2O2/c1-5(12)6(2)13-8-4-10-3-7(9)11-8/h3-6,12H,1-2H3/t5-,6-/m1/s1. The molecule has 1 aromatic heterocycles. The lowest BCUT2D eigenvalue weighted by Gasteiger charge is -2.15. The van der Waals surface area contributed by atoms with Gasteiger partial charge in [0.15, 0.2) is 5.15 Å². The Kier molecular flexibility index (Phi) is 3.45. The van der Waals surface area contributed by atoms with E-state index in [0.717, 1.165) is 0 Å². The molecule has 0 aliphatic heterocycles. The zero-order valence-corrected chi connectivity index (χ0v) is 8.19. The number of hydrogen-bond acceptors (Lipinski definition) is 4. The van der Waals surface area contributed by atoms with Gasteiger partial charge in [0, 0.05) is 0 Å². The normalized spacial score (nSPS) is 15.1. The molecular formula is C8H11ClN2O2. The minimum absolute atomic E-state index is 0.273. The summed E-state index contributed by atoms with van der Waals surface area (Å²) >= 11 is 5.59. The van der Waals surface area contributed by atoms with Crippen molar-refractivity contribution in [3.8, 4) is 5.88 Å². The highest BCUT2D eigenvalue weighted by Gasteiger charge is 2.11. The van der Waals surface area contributed by atoms with Gasteiger partial charge < -0.3 is 9.84 Å². The maximum Gasteiger partial charge on any atom is 0.234 e. The van der Waals surface area contributed by atoms with Crippen molar-refractivity contribution in [1.82, 2.24) is 9.97 Å². The first-order chi connectivity index (χ1) is 6.09. The van der Waals surface area contributed by atoms with Crippen molar-refractivity contribution in [3.05, 3.63) is 17.5 Å². The third-order valence-corrected chi connectivity index (χ3v) is 1.75. The predicted molar refractivity (Wildman–Crippen MR) is 48.8 cm³/mol. The highest BCUT2D eigenvalue weighted by molar-refractivity contribution is 6.29. The quantitative estimate of drug-likeness (QED) is 0.802. The molecular weight excluding hydrogens is 192 g/mol. The van der Waals surface area contributed by atoms with E-state index in [-0.39, 0.29) is 11.3 Å². The van der Waals surface area contributed by atoms with E-state index in [1.807, 2.05) is 0 Å². The highest BCUT2D eigenvalue weighted by atomic mass is 35.5. The SMILES string of the molecule is C[C@@H](O)[C@@H](C)Oc1cncc(Cl)n1. The van der Waals surface area contributed by atoms with Crippen LogP contribution in [-0.4, -0.2) is 27.3 Å². The van der Waals surface area contributed by atoms with Crippen LogP contribution in [0.3, 0.4) is 0 Å². The van der Waals surface area contributed by atoms with Gasteiger partial charge in [0.25, 0.3) is 0 Å². The molecule has 1 N–H and O–H groups in total. The summed E-state index contributed by atoms with van der Waals surface area (Å²) in [6.07, 6.45) is 1.99. The van der Waals surface area contributed by atoms with Gasteiger partial charge in [-0.1, -0.05) is 11.6 Å². The molecule has 72 valence electrons. The van der Waals surface area contributed by atoms with Crippen LogP contribution in [0.25, 0.3) is 0 Å². The smallest absolute Gasteiger partial charge is 0.234 e. The summed E-state index contributed by atoms with van der Waals surface area (Å²) in [4.78, 5) is 7.66. The Bertz CT molecular complexity index is 281. The Morgan fingerprint density at radius 2 is 2.15 bits per heavy atom. The van der Waals surface area contributed by atoms with E-state index in [2.05, 4.69) is 9.97 Å². The zero-order chi connectivity index (χ0) is 9.84. The Morgan fingerprint density at radius 3 is 2.69 bits per heavy atom. The number of halogens is 1. The lowest BCUT2D eigenvalue weighted by atomic mass is 10.3. The molecule has 0 spiro atoms. The fraction of sp³-hybridized carbons (Fsp3) is 0.500. The molecule has 2 atom stereocenters. The predicted octanol–water partition coefficient (Wildman–Crippen LogP) is 1.28. The van der Waals surface area contributed by atoms with Crippen LogP contribution in [0, 0.1) is 0 Å². The van der Waals surface area contributed by atoms with Crippen LogP contribution in [0.4, 0.5) is 0 Å². The molecule has 0 radical (unpaired) electrons. The summed E-state index contributed by atoms with van der Waals surface area (Å²) in [6.45, 7) is 3.38. The first-order valence-corrected chi connectivity index (χ1v) is 4.29. The van der Waals surface area contributed by atoms with Gasteiger partial charge in [0.2, 0.25) is 5.88 Å². The van der Waals surface area contributed by atoms with E-state index in [0.29, 0.717) is 5.88 Å². The van der Waals surface area contributed by atoms with E-state index in [4.69, 9.17) is 21.4 Å². The average Bonchev–Trinajstić information content (AvgIpc) is 2.04. The average molecular weight is 203 g/mol. The number of aliphatic hydroxyl groups excluding tert-OH is 1. The molecule has 0 saturated carbocycles. The summed E-state index contributed by atoms with van der Waals surface area (Å²) < 4.78 is 5.25.